The van der Waals surface area contributed by atoms with Crippen LogP contribution in [0.3, 0.4) is 0 Å². The molecule has 1 unspecified atom stereocenters. The van der Waals surface area contributed by atoms with E-state index in [4.69, 9.17) is 0 Å². The van der Waals surface area contributed by atoms with Gasteiger partial charge in [0.05, 0.1) is 17.0 Å². The summed E-state index contributed by atoms with van der Waals surface area (Å²) in [5.74, 6) is -0.902. The van der Waals surface area contributed by atoms with Gasteiger partial charge in [0, 0.05) is 24.2 Å². The predicted octanol–water partition coefficient (Wildman–Crippen LogP) is 4.45. The standard InChI is InChI=1S/C19H19F3N4OS/c1-2-14-9-13(10-23)18(28-14)25-17(27)12-5-4-8-26(11-12)16-15(19(20,21)22)6-3-7-24-16/h3,6-7,9,12H,2,4-5,8,11H2,1H3,(H,25,27). The number of carbonyl (C=O) groups excluding carboxylic acids is 1. The number of nitriles is 1. The Hall–Kier alpha value is -2.60. The SMILES string of the molecule is CCc1cc(C#N)c(NC(=O)C2CCCN(c3ncccc3C(F)(F)F)C2)s1. The van der Waals surface area contributed by atoms with Crippen LogP contribution in [0.2, 0.25) is 0 Å². The molecule has 0 aliphatic carbocycles. The summed E-state index contributed by atoms with van der Waals surface area (Å²) in [5, 5.41) is 12.5. The Labute approximate surface area is 164 Å². The first-order chi connectivity index (χ1) is 13.3. The second kappa shape index (κ2) is 8.19. The van der Waals surface area contributed by atoms with Crippen molar-refractivity contribution in [2.24, 2.45) is 5.92 Å². The molecule has 2 aromatic heterocycles. The van der Waals surface area contributed by atoms with Gasteiger partial charge in [-0.05, 0) is 37.5 Å². The minimum atomic E-state index is -4.51. The van der Waals surface area contributed by atoms with Crippen LogP contribution in [0.1, 0.15) is 35.8 Å². The van der Waals surface area contributed by atoms with Crippen molar-refractivity contribution in [2.45, 2.75) is 32.4 Å². The third-order valence-electron chi connectivity index (χ3n) is 4.67. The van der Waals surface area contributed by atoms with Crippen molar-refractivity contribution < 1.29 is 18.0 Å². The fourth-order valence-corrected chi connectivity index (χ4v) is 4.21. The normalized spacial score (nSPS) is 17.2. The monoisotopic (exact) mass is 408 g/mol. The van der Waals surface area contributed by atoms with Crippen LogP contribution in [0.15, 0.2) is 24.4 Å². The Balaban J connectivity index is 1.77. The number of piperidine rings is 1. The predicted molar refractivity (Wildman–Crippen MR) is 101 cm³/mol. The first-order valence-corrected chi connectivity index (χ1v) is 9.76. The van der Waals surface area contributed by atoms with Gasteiger partial charge in [-0.2, -0.15) is 18.4 Å². The lowest BCUT2D eigenvalue weighted by Gasteiger charge is -2.34. The summed E-state index contributed by atoms with van der Waals surface area (Å²) in [6.45, 7) is 2.52. The minimum Gasteiger partial charge on any atom is -0.355 e. The van der Waals surface area contributed by atoms with Crippen molar-refractivity contribution in [3.8, 4) is 6.07 Å². The quantitative estimate of drug-likeness (QED) is 0.812. The zero-order valence-electron chi connectivity index (χ0n) is 15.2. The molecule has 0 saturated carbocycles. The van der Waals surface area contributed by atoms with Crippen LogP contribution in [0.25, 0.3) is 0 Å². The molecule has 0 radical (unpaired) electrons. The summed E-state index contributed by atoms with van der Waals surface area (Å²) < 4.78 is 39.9. The highest BCUT2D eigenvalue weighted by Gasteiger charge is 2.37. The van der Waals surface area contributed by atoms with Crippen LogP contribution in [-0.4, -0.2) is 24.0 Å². The fraction of sp³-hybridized carbons (Fsp3) is 0.421. The Morgan fingerprint density at radius 3 is 2.96 bits per heavy atom. The molecule has 3 rings (SSSR count). The van der Waals surface area contributed by atoms with Gasteiger partial charge < -0.3 is 10.2 Å². The van der Waals surface area contributed by atoms with Crippen molar-refractivity contribution in [1.29, 1.82) is 5.26 Å². The third-order valence-corrected chi connectivity index (χ3v) is 5.87. The average Bonchev–Trinajstić information content (AvgIpc) is 3.09. The smallest absolute Gasteiger partial charge is 0.355 e. The van der Waals surface area contributed by atoms with Gasteiger partial charge in [-0.3, -0.25) is 4.79 Å². The van der Waals surface area contributed by atoms with Gasteiger partial charge in [0.2, 0.25) is 5.91 Å². The largest absolute Gasteiger partial charge is 0.419 e. The van der Waals surface area contributed by atoms with E-state index in [1.54, 1.807) is 6.07 Å². The number of aryl methyl sites for hydroxylation is 1. The maximum absolute atomic E-state index is 13.3. The summed E-state index contributed by atoms with van der Waals surface area (Å²) in [6, 6.07) is 6.07. The first-order valence-electron chi connectivity index (χ1n) is 8.94. The highest BCUT2D eigenvalue weighted by molar-refractivity contribution is 7.16. The van der Waals surface area contributed by atoms with Gasteiger partial charge >= 0.3 is 6.18 Å². The molecular weight excluding hydrogens is 389 g/mol. The van der Waals surface area contributed by atoms with E-state index in [2.05, 4.69) is 16.4 Å². The van der Waals surface area contributed by atoms with Gasteiger partial charge in [0.1, 0.15) is 16.9 Å². The Kier molecular flexibility index (Phi) is 5.89. The highest BCUT2D eigenvalue weighted by Crippen LogP contribution is 2.37. The molecule has 5 nitrogen and oxygen atoms in total. The maximum Gasteiger partial charge on any atom is 0.419 e. The first kappa shape index (κ1) is 20.1. The van der Waals surface area contributed by atoms with Crippen LogP contribution in [-0.2, 0) is 17.4 Å². The van der Waals surface area contributed by atoms with Gasteiger partial charge in [-0.1, -0.05) is 6.92 Å². The van der Waals surface area contributed by atoms with Crippen LogP contribution in [0.5, 0.6) is 0 Å². The lowest BCUT2D eigenvalue weighted by Crippen LogP contribution is -2.41. The molecule has 1 aliphatic heterocycles. The average molecular weight is 408 g/mol. The van der Waals surface area contributed by atoms with Crippen LogP contribution >= 0.6 is 11.3 Å². The van der Waals surface area contributed by atoms with Crippen molar-refractivity contribution in [3.05, 3.63) is 40.4 Å². The molecule has 3 heterocycles. The minimum absolute atomic E-state index is 0.144. The number of pyridine rings is 1. The number of alkyl halides is 3. The molecule has 1 N–H and O–H groups in total. The van der Waals surface area contributed by atoms with E-state index in [1.807, 2.05) is 6.92 Å². The molecule has 0 spiro atoms. The van der Waals surface area contributed by atoms with Crippen LogP contribution < -0.4 is 10.2 Å². The Bertz CT molecular complexity index is 903. The van der Waals surface area contributed by atoms with Crippen LogP contribution in [0.4, 0.5) is 24.0 Å². The van der Waals surface area contributed by atoms with E-state index < -0.39 is 17.7 Å². The molecular formula is C19H19F3N4OS. The van der Waals surface area contributed by atoms with Gasteiger partial charge in [-0.15, -0.1) is 11.3 Å². The summed E-state index contributed by atoms with van der Waals surface area (Å²) in [6.07, 6.45) is -1.27. The molecule has 0 aromatic carbocycles. The number of nitrogens with zero attached hydrogens (tertiary/aromatic N) is 3. The van der Waals surface area contributed by atoms with Crippen molar-refractivity contribution in [3.63, 3.8) is 0 Å². The molecule has 1 fully saturated rings. The van der Waals surface area contributed by atoms with Crippen molar-refractivity contribution in [1.82, 2.24) is 4.98 Å². The molecule has 1 aliphatic rings. The number of thiophene rings is 1. The van der Waals surface area contributed by atoms with Crippen LogP contribution in [0, 0.1) is 17.2 Å². The number of nitrogens with one attached hydrogen (secondary N) is 1. The molecule has 2 aromatic rings. The van der Waals surface area contributed by atoms with E-state index in [9.17, 15) is 23.2 Å². The number of anilines is 2. The number of amides is 1. The summed E-state index contributed by atoms with van der Waals surface area (Å²) in [4.78, 5) is 19.1. The van der Waals surface area contributed by atoms with Crippen molar-refractivity contribution in [2.75, 3.05) is 23.3 Å². The van der Waals surface area contributed by atoms with E-state index in [0.29, 0.717) is 30.0 Å². The van der Waals surface area contributed by atoms with E-state index in [0.717, 1.165) is 17.4 Å². The molecule has 0 bridgehead atoms. The number of carbonyl (C=O) groups is 1. The fourth-order valence-electron chi connectivity index (χ4n) is 3.26. The Morgan fingerprint density at radius 1 is 1.50 bits per heavy atom. The molecule has 1 saturated heterocycles. The summed E-state index contributed by atoms with van der Waals surface area (Å²) >= 11 is 1.35. The Morgan fingerprint density at radius 2 is 2.29 bits per heavy atom. The second-order valence-corrected chi connectivity index (χ2v) is 7.70. The van der Waals surface area contributed by atoms with Gasteiger partial charge in [0.15, 0.2) is 0 Å². The van der Waals surface area contributed by atoms with E-state index >= 15 is 0 Å². The van der Waals surface area contributed by atoms with E-state index in [-0.39, 0.29) is 18.3 Å². The number of halogens is 3. The zero-order chi connectivity index (χ0) is 20.3. The van der Waals surface area contributed by atoms with Gasteiger partial charge in [-0.25, -0.2) is 4.98 Å². The van der Waals surface area contributed by atoms with Crippen molar-refractivity contribution >= 4 is 28.1 Å². The van der Waals surface area contributed by atoms with Gasteiger partial charge in [0.25, 0.3) is 0 Å². The lowest BCUT2D eigenvalue weighted by molar-refractivity contribution is -0.137. The number of hydrogen-bond donors (Lipinski definition) is 1. The second-order valence-electron chi connectivity index (χ2n) is 6.57. The number of aromatic nitrogens is 1. The number of hydrogen-bond acceptors (Lipinski definition) is 5. The summed E-state index contributed by atoms with van der Waals surface area (Å²) in [5.41, 5.74) is -0.388. The molecule has 9 heteroatoms. The van der Waals surface area contributed by atoms with E-state index in [1.165, 1.54) is 28.5 Å². The topological polar surface area (TPSA) is 69.0 Å². The molecule has 28 heavy (non-hydrogen) atoms. The molecule has 1 atom stereocenters. The summed E-state index contributed by atoms with van der Waals surface area (Å²) in [7, 11) is 0. The lowest BCUT2D eigenvalue weighted by atomic mass is 9.96. The highest BCUT2D eigenvalue weighted by atomic mass is 32.1. The maximum atomic E-state index is 13.3. The molecule has 148 valence electrons. The third kappa shape index (κ3) is 4.28. The zero-order valence-corrected chi connectivity index (χ0v) is 16.0. The molecule has 1 amide bonds. The number of rotatable bonds is 4.